The lowest BCUT2D eigenvalue weighted by atomic mass is 9.84. The van der Waals surface area contributed by atoms with Crippen LogP contribution in [-0.4, -0.2) is 17.1 Å². The highest BCUT2D eigenvalue weighted by atomic mass is 35.5. The first-order chi connectivity index (χ1) is 8.29. The Hall–Kier alpha value is -0.530. The van der Waals surface area contributed by atoms with Gasteiger partial charge < -0.3 is 5.11 Å². The molecule has 1 N–H and O–H groups in total. The molecule has 17 heavy (non-hydrogen) atoms. The number of benzene rings is 1. The minimum absolute atomic E-state index is 0.310. The molecule has 1 aliphatic carbocycles. The van der Waals surface area contributed by atoms with Gasteiger partial charge in [0, 0.05) is 5.88 Å². The van der Waals surface area contributed by atoms with Gasteiger partial charge in [0.25, 0.3) is 0 Å². The molecule has 0 aliphatic heterocycles. The Balaban J connectivity index is 1.97. The van der Waals surface area contributed by atoms with Crippen LogP contribution in [0.25, 0.3) is 0 Å². The van der Waals surface area contributed by atoms with Gasteiger partial charge in [-0.15, -0.1) is 11.6 Å². The lowest BCUT2D eigenvalue weighted by Crippen LogP contribution is -2.12. The second-order valence-corrected chi connectivity index (χ2v) is 5.40. The van der Waals surface area contributed by atoms with Crippen molar-refractivity contribution in [2.45, 2.75) is 50.5 Å². The van der Waals surface area contributed by atoms with Gasteiger partial charge in [-0.2, -0.15) is 0 Å². The maximum Gasteiger partial charge on any atom is 0.0715 e. The molecule has 2 rings (SSSR count). The molecule has 1 aromatic rings. The summed E-state index contributed by atoms with van der Waals surface area (Å²) in [6, 6.07) is 8.73. The molecule has 1 atom stereocenters. The highest BCUT2D eigenvalue weighted by Gasteiger charge is 2.15. The first kappa shape index (κ1) is 12.9. The highest BCUT2D eigenvalue weighted by molar-refractivity contribution is 6.18. The van der Waals surface area contributed by atoms with Crippen molar-refractivity contribution in [2.24, 2.45) is 0 Å². The topological polar surface area (TPSA) is 20.2 Å². The normalized spacial score (nSPS) is 19.2. The summed E-state index contributed by atoms with van der Waals surface area (Å²) in [6.45, 7) is 0. The van der Waals surface area contributed by atoms with Crippen LogP contribution in [0.15, 0.2) is 24.3 Å². The zero-order chi connectivity index (χ0) is 12.1. The third kappa shape index (κ3) is 3.72. The Labute approximate surface area is 109 Å². The van der Waals surface area contributed by atoms with Gasteiger partial charge in [-0.3, -0.25) is 0 Å². The summed E-state index contributed by atoms with van der Waals surface area (Å²) < 4.78 is 0. The van der Waals surface area contributed by atoms with Crippen molar-refractivity contribution in [3.05, 3.63) is 35.4 Å². The summed E-state index contributed by atoms with van der Waals surface area (Å²) in [7, 11) is 0. The molecule has 0 amide bonds. The monoisotopic (exact) mass is 252 g/mol. The second kappa shape index (κ2) is 6.42. The number of alkyl halides is 1. The molecule has 1 nitrogen and oxygen atoms in total. The molecule has 1 aliphatic rings. The Morgan fingerprint density at radius 2 is 1.76 bits per heavy atom. The van der Waals surface area contributed by atoms with E-state index in [1.54, 1.807) is 0 Å². The molecule has 0 unspecified atom stereocenters. The van der Waals surface area contributed by atoms with E-state index in [9.17, 15) is 5.11 Å². The molecule has 0 aromatic heterocycles. The van der Waals surface area contributed by atoms with Crippen molar-refractivity contribution in [3.8, 4) is 0 Å². The number of aliphatic hydroxyl groups is 1. The average molecular weight is 253 g/mol. The van der Waals surface area contributed by atoms with E-state index in [0.29, 0.717) is 12.3 Å². The summed E-state index contributed by atoms with van der Waals surface area (Å²) >= 11 is 5.60. The van der Waals surface area contributed by atoms with Crippen LogP contribution in [0.1, 0.15) is 49.1 Å². The van der Waals surface area contributed by atoms with Gasteiger partial charge in [0.15, 0.2) is 0 Å². The molecule has 1 saturated carbocycles. The van der Waals surface area contributed by atoms with Gasteiger partial charge >= 0.3 is 0 Å². The van der Waals surface area contributed by atoms with Gasteiger partial charge in [0.2, 0.25) is 0 Å². The summed E-state index contributed by atoms with van der Waals surface area (Å²) in [4.78, 5) is 0. The molecule has 0 saturated heterocycles. The van der Waals surface area contributed by atoms with Crippen LogP contribution < -0.4 is 0 Å². The average Bonchev–Trinajstić information content (AvgIpc) is 2.40. The quantitative estimate of drug-likeness (QED) is 0.807. The molecule has 2 heteroatoms. The smallest absolute Gasteiger partial charge is 0.0715 e. The van der Waals surface area contributed by atoms with Crippen LogP contribution in [0, 0.1) is 0 Å². The summed E-state index contributed by atoms with van der Waals surface area (Å²) in [5.74, 6) is 1.07. The minimum Gasteiger partial charge on any atom is -0.392 e. The van der Waals surface area contributed by atoms with E-state index in [0.717, 1.165) is 5.92 Å². The van der Waals surface area contributed by atoms with Crippen molar-refractivity contribution in [3.63, 3.8) is 0 Å². The Morgan fingerprint density at radius 1 is 1.12 bits per heavy atom. The number of aliphatic hydroxyl groups excluding tert-OH is 1. The Morgan fingerprint density at radius 3 is 2.35 bits per heavy atom. The third-order valence-corrected chi connectivity index (χ3v) is 4.06. The molecule has 0 spiro atoms. The zero-order valence-corrected chi connectivity index (χ0v) is 11.0. The number of hydrogen-bond donors (Lipinski definition) is 1. The van der Waals surface area contributed by atoms with Crippen LogP contribution >= 0.6 is 11.6 Å². The maximum atomic E-state index is 9.50. The first-order valence-electron chi connectivity index (χ1n) is 6.62. The second-order valence-electron chi connectivity index (χ2n) is 5.09. The SMILES string of the molecule is O[C@@H](CCl)Cc1ccc(C2CCCCC2)cc1. The minimum atomic E-state index is -0.419. The summed E-state index contributed by atoms with van der Waals surface area (Å²) in [6.07, 6.45) is 7.06. The van der Waals surface area contributed by atoms with Gasteiger partial charge in [0.05, 0.1) is 6.10 Å². The maximum absolute atomic E-state index is 9.50. The molecule has 0 bridgehead atoms. The van der Waals surface area contributed by atoms with E-state index in [2.05, 4.69) is 24.3 Å². The fourth-order valence-electron chi connectivity index (χ4n) is 2.69. The highest BCUT2D eigenvalue weighted by Crippen LogP contribution is 2.32. The van der Waals surface area contributed by atoms with Crippen molar-refractivity contribution >= 4 is 11.6 Å². The van der Waals surface area contributed by atoms with Gasteiger partial charge in [-0.1, -0.05) is 43.5 Å². The molecular formula is C15H21ClO. The van der Waals surface area contributed by atoms with E-state index in [1.165, 1.54) is 43.2 Å². The standard InChI is InChI=1S/C15H21ClO/c16-11-15(17)10-12-6-8-14(9-7-12)13-4-2-1-3-5-13/h6-9,13,15,17H,1-5,10-11H2/t15-/m1/s1. The van der Waals surface area contributed by atoms with Crippen molar-refractivity contribution in [1.29, 1.82) is 0 Å². The summed E-state index contributed by atoms with van der Waals surface area (Å²) in [5.41, 5.74) is 2.64. The van der Waals surface area contributed by atoms with Gasteiger partial charge in [-0.25, -0.2) is 0 Å². The van der Waals surface area contributed by atoms with Crippen molar-refractivity contribution < 1.29 is 5.11 Å². The van der Waals surface area contributed by atoms with E-state index >= 15 is 0 Å². The van der Waals surface area contributed by atoms with Gasteiger partial charge in [-0.05, 0) is 36.3 Å². The lowest BCUT2D eigenvalue weighted by Gasteiger charge is -2.22. The predicted octanol–water partition coefficient (Wildman–Crippen LogP) is 3.88. The van der Waals surface area contributed by atoms with Crippen LogP contribution in [0.3, 0.4) is 0 Å². The van der Waals surface area contributed by atoms with Crippen LogP contribution in [0.5, 0.6) is 0 Å². The molecule has 1 fully saturated rings. The molecule has 0 radical (unpaired) electrons. The van der Waals surface area contributed by atoms with E-state index in [1.807, 2.05) is 0 Å². The lowest BCUT2D eigenvalue weighted by molar-refractivity contribution is 0.199. The van der Waals surface area contributed by atoms with Gasteiger partial charge in [0.1, 0.15) is 0 Å². The number of halogens is 1. The van der Waals surface area contributed by atoms with Crippen LogP contribution in [-0.2, 0) is 6.42 Å². The fraction of sp³-hybridized carbons (Fsp3) is 0.600. The Bertz CT molecular complexity index is 327. The summed E-state index contributed by atoms with van der Waals surface area (Å²) in [5, 5.41) is 9.50. The van der Waals surface area contributed by atoms with Crippen molar-refractivity contribution in [2.75, 3.05) is 5.88 Å². The molecular weight excluding hydrogens is 232 g/mol. The van der Waals surface area contributed by atoms with Crippen LogP contribution in [0.4, 0.5) is 0 Å². The number of rotatable bonds is 4. The Kier molecular flexibility index (Phi) is 4.87. The molecule has 1 aromatic carbocycles. The number of hydrogen-bond acceptors (Lipinski definition) is 1. The first-order valence-corrected chi connectivity index (χ1v) is 7.16. The predicted molar refractivity (Wildman–Crippen MR) is 72.7 cm³/mol. The fourth-order valence-corrected chi connectivity index (χ4v) is 2.80. The molecule has 94 valence electrons. The zero-order valence-electron chi connectivity index (χ0n) is 10.2. The van der Waals surface area contributed by atoms with E-state index in [-0.39, 0.29) is 0 Å². The molecule has 0 heterocycles. The van der Waals surface area contributed by atoms with Crippen LogP contribution in [0.2, 0.25) is 0 Å². The van der Waals surface area contributed by atoms with Crippen molar-refractivity contribution in [1.82, 2.24) is 0 Å². The van der Waals surface area contributed by atoms with E-state index in [4.69, 9.17) is 11.6 Å². The third-order valence-electron chi connectivity index (χ3n) is 3.71. The van der Waals surface area contributed by atoms with E-state index < -0.39 is 6.10 Å². The largest absolute Gasteiger partial charge is 0.392 e.